The first-order chi connectivity index (χ1) is 15.7. The fourth-order valence-electron chi connectivity index (χ4n) is 3.77. The number of thiazole rings is 1. The molecule has 1 N–H and O–H groups in total. The van der Waals surface area contributed by atoms with Crippen LogP contribution < -0.4 is 10.2 Å². The molecule has 5 rings (SSSR count). The van der Waals surface area contributed by atoms with Crippen molar-refractivity contribution in [2.75, 3.05) is 29.1 Å². The van der Waals surface area contributed by atoms with Crippen molar-refractivity contribution in [1.82, 2.24) is 15.2 Å². The van der Waals surface area contributed by atoms with Crippen LogP contribution in [0, 0.1) is 0 Å². The van der Waals surface area contributed by atoms with Crippen molar-refractivity contribution in [2.24, 2.45) is 0 Å². The molecule has 0 saturated carbocycles. The lowest BCUT2D eigenvalue weighted by atomic mass is 10.1. The molecular formula is C24H23N5OS2. The average Bonchev–Trinajstić information content (AvgIpc) is 3.26. The fourth-order valence-corrected chi connectivity index (χ4v) is 5.26. The van der Waals surface area contributed by atoms with E-state index in [0.29, 0.717) is 5.13 Å². The summed E-state index contributed by atoms with van der Waals surface area (Å²) in [6.45, 7) is 2.27. The minimum atomic E-state index is -0.103. The van der Waals surface area contributed by atoms with E-state index in [4.69, 9.17) is 0 Å². The van der Waals surface area contributed by atoms with Crippen LogP contribution >= 0.6 is 23.1 Å². The molecule has 0 unspecified atom stereocenters. The summed E-state index contributed by atoms with van der Waals surface area (Å²) in [5, 5.41) is 12.9. The van der Waals surface area contributed by atoms with E-state index in [1.807, 2.05) is 36.4 Å². The van der Waals surface area contributed by atoms with Crippen LogP contribution in [-0.4, -0.2) is 39.9 Å². The molecule has 1 aliphatic rings. The number of para-hydroxylation sites is 1. The highest BCUT2D eigenvalue weighted by atomic mass is 32.2. The van der Waals surface area contributed by atoms with Gasteiger partial charge in [-0.05, 0) is 55.7 Å². The molecule has 6 nitrogen and oxygen atoms in total. The summed E-state index contributed by atoms with van der Waals surface area (Å²) >= 11 is 2.84. The van der Waals surface area contributed by atoms with Crippen LogP contribution in [-0.2, 0) is 4.79 Å². The second kappa shape index (κ2) is 9.67. The Morgan fingerprint density at radius 3 is 2.53 bits per heavy atom. The van der Waals surface area contributed by atoms with Crippen LogP contribution in [0.4, 0.5) is 10.8 Å². The van der Waals surface area contributed by atoms with Crippen LogP contribution in [0.2, 0.25) is 0 Å². The van der Waals surface area contributed by atoms with Crippen LogP contribution in [0.5, 0.6) is 0 Å². The van der Waals surface area contributed by atoms with E-state index in [-0.39, 0.29) is 11.7 Å². The molecule has 1 saturated heterocycles. The van der Waals surface area contributed by atoms with Crippen LogP contribution in [0.15, 0.2) is 65.7 Å². The Kier molecular flexibility index (Phi) is 6.31. The van der Waals surface area contributed by atoms with Gasteiger partial charge in [0.15, 0.2) is 5.13 Å². The lowest BCUT2D eigenvalue weighted by Gasteiger charge is -2.28. The van der Waals surface area contributed by atoms with Crippen molar-refractivity contribution in [2.45, 2.75) is 24.3 Å². The van der Waals surface area contributed by atoms with Gasteiger partial charge in [-0.15, -0.1) is 10.2 Å². The quantitative estimate of drug-likeness (QED) is 0.384. The highest BCUT2D eigenvalue weighted by Gasteiger charge is 2.12. The smallest absolute Gasteiger partial charge is 0.236 e. The highest BCUT2D eigenvalue weighted by Crippen LogP contribution is 2.27. The standard InChI is InChI=1S/C24H23N5OS2/c30-22(26-24-25-20-6-2-3-7-21(20)32-24)16-31-23-13-12-19(27-28-23)17-8-10-18(11-9-17)29-14-4-1-5-15-29/h2-3,6-13H,1,4-5,14-16H2,(H,25,26,30). The number of benzene rings is 2. The van der Waals surface area contributed by atoms with Gasteiger partial charge in [0.2, 0.25) is 5.91 Å². The van der Waals surface area contributed by atoms with Crippen molar-refractivity contribution >= 4 is 50.0 Å². The Morgan fingerprint density at radius 2 is 1.78 bits per heavy atom. The number of anilines is 2. The first kappa shape index (κ1) is 20.9. The van der Waals surface area contributed by atoms with Crippen molar-refractivity contribution in [3.8, 4) is 11.3 Å². The molecule has 0 spiro atoms. The molecule has 0 aliphatic carbocycles. The van der Waals surface area contributed by atoms with Gasteiger partial charge in [-0.3, -0.25) is 4.79 Å². The number of nitrogens with one attached hydrogen (secondary N) is 1. The molecule has 0 atom stereocenters. The monoisotopic (exact) mass is 461 g/mol. The molecule has 8 heteroatoms. The largest absolute Gasteiger partial charge is 0.372 e. The fraction of sp³-hybridized carbons (Fsp3) is 0.250. The van der Waals surface area contributed by atoms with Crippen LogP contribution in [0.25, 0.3) is 21.5 Å². The van der Waals surface area contributed by atoms with Gasteiger partial charge in [0.05, 0.1) is 21.7 Å². The summed E-state index contributed by atoms with van der Waals surface area (Å²) < 4.78 is 1.06. The van der Waals surface area contributed by atoms with Crippen molar-refractivity contribution < 1.29 is 4.79 Å². The van der Waals surface area contributed by atoms with Gasteiger partial charge in [-0.25, -0.2) is 4.98 Å². The van der Waals surface area contributed by atoms with Gasteiger partial charge in [0.1, 0.15) is 5.03 Å². The van der Waals surface area contributed by atoms with Gasteiger partial charge in [-0.1, -0.05) is 47.4 Å². The van der Waals surface area contributed by atoms with Crippen molar-refractivity contribution in [3.63, 3.8) is 0 Å². The second-order valence-corrected chi connectivity index (χ2v) is 9.70. The summed E-state index contributed by atoms with van der Waals surface area (Å²) in [6.07, 6.45) is 3.87. The number of hydrogen-bond donors (Lipinski definition) is 1. The van der Waals surface area contributed by atoms with E-state index in [0.717, 1.165) is 39.6 Å². The number of amides is 1. The number of carbonyl (C=O) groups is 1. The van der Waals surface area contributed by atoms with E-state index in [2.05, 4.69) is 49.7 Å². The Hall–Kier alpha value is -2.97. The Morgan fingerprint density at radius 1 is 0.969 bits per heavy atom. The number of nitrogens with zero attached hydrogens (tertiary/aromatic N) is 4. The minimum Gasteiger partial charge on any atom is -0.372 e. The van der Waals surface area contributed by atoms with Gasteiger partial charge < -0.3 is 10.2 Å². The molecule has 2 aromatic heterocycles. The highest BCUT2D eigenvalue weighted by molar-refractivity contribution is 7.99. The van der Waals surface area contributed by atoms with E-state index in [1.54, 1.807) is 0 Å². The van der Waals surface area contributed by atoms with Crippen molar-refractivity contribution in [3.05, 3.63) is 60.7 Å². The zero-order chi connectivity index (χ0) is 21.8. The zero-order valence-electron chi connectivity index (χ0n) is 17.5. The molecule has 162 valence electrons. The average molecular weight is 462 g/mol. The normalized spacial score (nSPS) is 13.9. The van der Waals surface area contributed by atoms with Crippen LogP contribution in [0.1, 0.15) is 19.3 Å². The number of piperidine rings is 1. The predicted molar refractivity (Wildman–Crippen MR) is 133 cm³/mol. The maximum absolute atomic E-state index is 12.3. The summed E-state index contributed by atoms with van der Waals surface area (Å²) in [4.78, 5) is 19.2. The lowest BCUT2D eigenvalue weighted by Crippen LogP contribution is -2.29. The molecular weight excluding hydrogens is 438 g/mol. The third-order valence-corrected chi connectivity index (χ3v) is 7.29. The number of rotatable bonds is 6. The molecule has 2 aromatic carbocycles. The minimum absolute atomic E-state index is 0.103. The SMILES string of the molecule is O=C(CSc1ccc(-c2ccc(N3CCCCC3)cc2)nn1)Nc1nc2ccccc2s1. The summed E-state index contributed by atoms with van der Waals surface area (Å²) in [7, 11) is 0. The summed E-state index contributed by atoms with van der Waals surface area (Å²) in [5.74, 6) is 0.155. The van der Waals surface area contributed by atoms with Gasteiger partial charge >= 0.3 is 0 Å². The molecule has 4 aromatic rings. The Balaban J connectivity index is 1.16. The number of hydrogen-bond acceptors (Lipinski definition) is 7. The van der Waals surface area contributed by atoms with E-state index in [9.17, 15) is 4.79 Å². The number of thioether (sulfide) groups is 1. The molecule has 1 aliphatic heterocycles. The first-order valence-electron chi connectivity index (χ1n) is 10.7. The molecule has 0 radical (unpaired) electrons. The summed E-state index contributed by atoms with van der Waals surface area (Å²) in [6, 6.07) is 20.2. The predicted octanol–water partition coefficient (Wildman–Crippen LogP) is 5.47. The van der Waals surface area contributed by atoms with Gasteiger partial charge in [0, 0.05) is 24.3 Å². The third-order valence-electron chi connectivity index (χ3n) is 5.42. The lowest BCUT2D eigenvalue weighted by molar-refractivity contribution is -0.113. The Bertz CT molecular complexity index is 1170. The maximum Gasteiger partial charge on any atom is 0.236 e. The number of carbonyl (C=O) groups excluding carboxylic acids is 1. The molecule has 1 amide bonds. The van der Waals surface area contributed by atoms with Crippen molar-refractivity contribution in [1.29, 1.82) is 0 Å². The molecule has 0 bridgehead atoms. The van der Waals surface area contributed by atoms with Gasteiger partial charge in [-0.2, -0.15) is 0 Å². The zero-order valence-corrected chi connectivity index (χ0v) is 19.2. The second-order valence-electron chi connectivity index (χ2n) is 7.67. The number of fused-ring (bicyclic) bond motifs is 1. The van der Waals surface area contributed by atoms with Crippen LogP contribution in [0.3, 0.4) is 0 Å². The van der Waals surface area contributed by atoms with Gasteiger partial charge in [0.25, 0.3) is 0 Å². The Labute approximate surface area is 195 Å². The molecule has 32 heavy (non-hydrogen) atoms. The summed E-state index contributed by atoms with van der Waals surface area (Å²) in [5.41, 5.74) is 4.04. The molecule has 3 heterocycles. The number of aromatic nitrogens is 3. The third kappa shape index (κ3) is 4.92. The molecule has 1 fully saturated rings. The topological polar surface area (TPSA) is 71.0 Å². The van der Waals surface area contributed by atoms with E-state index >= 15 is 0 Å². The van der Waals surface area contributed by atoms with E-state index < -0.39 is 0 Å². The van der Waals surface area contributed by atoms with E-state index in [1.165, 1.54) is 48.0 Å². The maximum atomic E-state index is 12.3. The first-order valence-corrected chi connectivity index (χ1v) is 12.5.